The summed E-state index contributed by atoms with van der Waals surface area (Å²) in [5.74, 6) is -1.81. The van der Waals surface area contributed by atoms with E-state index in [0.29, 0.717) is 19.3 Å². The van der Waals surface area contributed by atoms with E-state index >= 15 is 0 Å². The molecule has 6 heteroatoms. The van der Waals surface area contributed by atoms with Crippen LogP contribution in [-0.2, 0) is 28.6 Å². The van der Waals surface area contributed by atoms with Crippen LogP contribution in [0.25, 0.3) is 0 Å². The predicted octanol–water partition coefficient (Wildman–Crippen LogP) is 2.94. The van der Waals surface area contributed by atoms with E-state index in [1.54, 1.807) is 0 Å². The maximum atomic E-state index is 12.4. The Morgan fingerprint density at radius 2 is 1.79 bits per heavy atom. The molecular formula is C18H28O6. The maximum Gasteiger partial charge on any atom is 0.350 e. The van der Waals surface area contributed by atoms with Crippen LogP contribution in [0.3, 0.4) is 0 Å². The molecule has 24 heavy (non-hydrogen) atoms. The molecule has 1 rings (SSSR count). The van der Waals surface area contributed by atoms with E-state index in [2.05, 4.69) is 6.58 Å². The molecule has 0 spiro atoms. The zero-order valence-corrected chi connectivity index (χ0v) is 15.1. The highest BCUT2D eigenvalue weighted by Gasteiger charge is 2.48. The molecule has 0 aliphatic heterocycles. The quantitative estimate of drug-likeness (QED) is 0.420. The van der Waals surface area contributed by atoms with E-state index in [1.807, 2.05) is 27.7 Å². The van der Waals surface area contributed by atoms with E-state index in [1.165, 1.54) is 0 Å². The van der Waals surface area contributed by atoms with E-state index in [-0.39, 0.29) is 31.3 Å². The second-order valence-electron chi connectivity index (χ2n) is 7.06. The van der Waals surface area contributed by atoms with E-state index < -0.39 is 23.1 Å². The summed E-state index contributed by atoms with van der Waals surface area (Å²) in [7, 11) is 0. The molecular weight excluding hydrogens is 312 g/mol. The molecule has 0 unspecified atom stereocenters. The molecule has 6 nitrogen and oxygen atoms in total. The van der Waals surface area contributed by atoms with Gasteiger partial charge < -0.3 is 14.2 Å². The molecule has 1 saturated carbocycles. The first-order valence-electron chi connectivity index (χ1n) is 8.39. The lowest BCUT2D eigenvalue weighted by Gasteiger charge is -2.37. The Labute approximate surface area is 143 Å². The molecule has 0 aromatic carbocycles. The van der Waals surface area contributed by atoms with Crippen LogP contribution in [-0.4, -0.2) is 35.7 Å². The lowest BCUT2D eigenvalue weighted by atomic mass is 9.78. The smallest absolute Gasteiger partial charge is 0.350 e. The maximum absolute atomic E-state index is 12.4. The third kappa shape index (κ3) is 5.65. The minimum atomic E-state index is -1.33. The van der Waals surface area contributed by atoms with E-state index in [9.17, 15) is 14.4 Å². The average Bonchev–Trinajstić information content (AvgIpc) is 2.51. The van der Waals surface area contributed by atoms with Gasteiger partial charge in [-0.3, -0.25) is 4.79 Å². The number of ether oxygens (including phenoxy) is 3. The van der Waals surface area contributed by atoms with Crippen LogP contribution in [0.15, 0.2) is 12.7 Å². The van der Waals surface area contributed by atoms with Crippen molar-refractivity contribution in [3.05, 3.63) is 12.7 Å². The highest BCUT2D eigenvalue weighted by atomic mass is 16.6. The van der Waals surface area contributed by atoms with Crippen molar-refractivity contribution in [3.63, 3.8) is 0 Å². The molecule has 0 atom stereocenters. The number of hydrogen-bond donors (Lipinski definition) is 0. The van der Waals surface area contributed by atoms with Crippen LogP contribution in [0, 0.1) is 5.92 Å². The molecule has 0 bridgehead atoms. The Hall–Kier alpha value is -1.85. The number of hydrogen-bond acceptors (Lipinski definition) is 6. The van der Waals surface area contributed by atoms with Crippen LogP contribution < -0.4 is 0 Å². The van der Waals surface area contributed by atoms with Gasteiger partial charge >= 0.3 is 17.9 Å². The molecule has 1 aliphatic rings. The number of esters is 3. The van der Waals surface area contributed by atoms with Gasteiger partial charge in [-0.05, 0) is 52.9 Å². The highest BCUT2D eigenvalue weighted by molar-refractivity contribution is 5.88. The SMILES string of the molecule is C=CC(=O)OC1(C(=O)OCCC)CCC(C(=O)OC(C)(C)C)CC1. The summed E-state index contributed by atoms with van der Waals surface area (Å²) < 4.78 is 15.9. The minimum absolute atomic E-state index is 0.235. The van der Waals surface area contributed by atoms with E-state index in [0.717, 1.165) is 6.08 Å². The van der Waals surface area contributed by atoms with Gasteiger partial charge in [0.05, 0.1) is 12.5 Å². The fourth-order valence-corrected chi connectivity index (χ4v) is 2.61. The average molecular weight is 340 g/mol. The molecule has 0 saturated heterocycles. The largest absolute Gasteiger partial charge is 0.463 e. The zero-order valence-electron chi connectivity index (χ0n) is 15.1. The van der Waals surface area contributed by atoms with Gasteiger partial charge in [-0.1, -0.05) is 13.5 Å². The van der Waals surface area contributed by atoms with Crippen molar-refractivity contribution in [3.8, 4) is 0 Å². The van der Waals surface area contributed by atoms with Crippen molar-refractivity contribution in [2.45, 2.75) is 71.0 Å². The second kappa shape index (κ2) is 8.31. The first-order valence-corrected chi connectivity index (χ1v) is 8.39. The first-order chi connectivity index (χ1) is 11.1. The van der Waals surface area contributed by atoms with Gasteiger partial charge in [0.1, 0.15) is 5.60 Å². The number of carbonyl (C=O) groups is 3. The van der Waals surface area contributed by atoms with Gasteiger partial charge in [-0.25, -0.2) is 9.59 Å². The molecule has 1 fully saturated rings. The Kier molecular flexibility index (Phi) is 6.99. The molecule has 1 aliphatic carbocycles. The van der Waals surface area contributed by atoms with Gasteiger partial charge in [0.2, 0.25) is 5.60 Å². The monoisotopic (exact) mass is 340 g/mol. The van der Waals surface area contributed by atoms with Gasteiger partial charge in [-0.2, -0.15) is 0 Å². The van der Waals surface area contributed by atoms with Gasteiger partial charge in [0, 0.05) is 6.08 Å². The summed E-state index contributed by atoms with van der Waals surface area (Å²) in [6.07, 6.45) is 2.98. The third-order valence-corrected chi connectivity index (χ3v) is 3.81. The lowest BCUT2D eigenvalue weighted by Crippen LogP contribution is -2.48. The standard InChI is InChI=1S/C18H28O6/c1-6-12-22-16(21)18(23-14(19)7-2)10-8-13(9-11-18)15(20)24-17(3,4)5/h7,13H,2,6,8-12H2,1,3-5H3. The van der Waals surface area contributed by atoms with Crippen molar-refractivity contribution >= 4 is 17.9 Å². The summed E-state index contributed by atoms with van der Waals surface area (Å²) in [4.78, 5) is 36.2. The van der Waals surface area contributed by atoms with E-state index in [4.69, 9.17) is 14.2 Å². The molecule has 0 N–H and O–H groups in total. The summed E-state index contributed by atoms with van der Waals surface area (Å²) in [5, 5.41) is 0. The molecule has 0 aromatic heterocycles. The van der Waals surface area contributed by atoms with Crippen LogP contribution in [0.1, 0.15) is 59.8 Å². The van der Waals surface area contributed by atoms with Crippen LogP contribution in [0.4, 0.5) is 0 Å². The number of rotatable bonds is 6. The normalized spacial score (nSPS) is 23.9. The molecule has 0 aromatic rings. The third-order valence-electron chi connectivity index (χ3n) is 3.81. The summed E-state index contributed by atoms with van der Waals surface area (Å²) in [6.45, 7) is 10.9. The Morgan fingerprint density at radius 3 is 2.25 bits per heavy atom. The van der Waals surface area contributed by atoms with Crippen molar-refractivity contribution in [1.82, 2.24) is 0 Å². The fourth-order valence-electron chi connectivity index (χ4n) is 2.61. The fraction of sp³-hybridized carbons (Fsp3) is 0.722. The van der Waals surface area contributed by atoms with Gasteiger partial charge in [0.25, 0.3) is 0 Å². The molecule has 0 heterocycles. The molecule has 0 radical (unpaired) electrons. The summed E-state index contributed by atoms with van der Waals surface area (Å²) in [5.41, 5.74) is -1.89. The zero-order chi connectivity index (χ0) is 18.4. The predicted molar refractivity (Wildman–Crippen MR) is 88.1 cm³/mol. The summed E-state index contributed by atoms with van der Waals surface area (Å²) >= 11 is 0. The lowest BCUT2D eigenvalue weighted by molar-refractivity contribution is -0.187. The first kappa shape index (κ1) is 20.2. The van der Waals surface area contributed by atoms with Gasteiger partial charge in [-0.15, -0.1) is 0 Å². The second-order valence-corrected chi connectivity index (χ2v) is 7.06. The topological polar surface area (TPSA) is 78.9 Å². The van der Waals surface area contributed by atoms with Crippen LogP contribution in [0.2, 0.25) is 0 Å². The van der Waals surface area contributed by atoms with Crippen LogP contribution in [0.5, 0.6) is 0 Å². The van der Waals surface area contributed by atoms with Crippen molar-refractivity contribution in [2.75, 3.05) is 6.61 Å². The Morgan fingerprint density at radius 1 is 1.21 bits per heavy atom. The summed E-state index contributed by atoms with van der Waals surface area (Å²) in [6, 6.07) is 0. The highest BCUT2D eigenvalue weighted by Crippen LogP contribution is 2.37. The Balaban J connectivity index is 2.79. The molecule has 136 valence electrons. The minimum Gasteiger partial charge on any atom is -0.463 e. The van der Waals surface area contributed by atoms with Crippen molar-refractivity contribution < 1.29 is 28.6 Å². The van der Waals surface area contributed by atoms with Crippen molar-refractivity contribution in [1.29, 1.82) is 0 Å². The number of carbonyl (C=O) groups excluding carboxylic acids is 3. The van der Waals surface area contributed by atoms with Crippen LogP contribution >= 0.6 is 0 Å². The molecule has 0 amide bonds. The van der Waals surface area contributed by atoms with Crippen molar-refractivity contribution in [2.24, 2.45) is 5.92 Å². The van der Waals surface area contributed by atoms with Gasteiger partial charge in [0.15, 0.2) is 0 Å². The Bertz CT molecular complexity index is 480.